The van der Waals surface area contributed by atoms with Crippen LogP contribution in [0.3, 0.4) is 0 Å². The van der Waals surface area contributed by atoms with Gasteiger partial charge < -0.3 is 14.6 Å². The van der Waals surface area contributed by atoms with Crippen LogP contribution in [0.4, 0.5) is 4.79 Å². The van der Waals surface area contributed by atoms with E-state index in [0.717, 1.165) is 30.4 Å². The number of amides is 1. The number of rotatable bonds is 2. The third-order valence-corrected chi connectivity index (χ3v) is 6.74. The van der Waals surface area contributed by atoms with Crippen LogP contribution in [0.2, 0.25) is 0 Å². The number of nitrogens with zero attached hydrogens (tertiary/aromatic N) is 2. The lowest BCUT2D eigenvalue weighted by atomic mass is 9.85. The molecule has 2 aromatic rings. The van der Waals surface area contributed by atoms with E-state index >= 15 is 0 Å². The monoisotopic (exact) mass is 378 g/mol. The molecule has 1 amide bonds. The van der Waals surface area contributed by atoms with Crippen molar-refractivity contribution in [3.63, 3.8) is 0 Å². The van der Waals surface area contributed by atoms with Gasteiger partial charge in [-0.1, -0.05) is 54.6 Å². The molecule has 146 valence electrons. The minimum Gasteiger partial charge on any atom is -0.633 e. The molecule has 2 unspecified atom stereocenters. The number of quaternary nitrogens is 1. The maximum atomic E-state index is 13.2. The summed E-state index contributed by atoms with van der Waals surface area (Å²) in [6, 6.07) is 18.3. The Morgan fingerprint density at radius 3 is 2.50 bits per heavy atom. The van der Waals surface area contributed by atoms with Crippen LogP contribution in [0, 0.1) is 11.1 Å². The van der Waals surface area contributed by atoms with Gasteiger partial charge >= 0.3 is 6.09 Å². The van der Waals surface area contributed by atoms with Crippen molar-refractivity contribution < 1.29 is 14.2 Å². The molecule has 0 N–H and O–H groups in total. The van der Waals surface area contributed by atoms with Crippen molar-refractivity contribution >= 4 is 6.09 Å². The van der Waals surface area contributed by atoms with E-state index < -0.39 is 0 Å². The molecule has 2 atom stereocenters. The van der Waals surface area contributed by atoms with E-state index in [1.165, 1.54) is 5.56 Å². The highest BCUT2D eigenvalue weighted by Crippen LogP contribution is 2.38. The van der Waals surface area contributed by atoms with Crippen molar-refractivity contribution in [2.45, 2.75) is 31.4 Å². The van der Waals surface area contributed by atoms with E-state index in [2.05, 4.69) is 30.3 Å². The summed E-state index contributed by atoms with van der Waals surface area (Å²) in [4.78, 5) is 15.1. The predicted molar refractivity (Wildman–Crippen MR) is 106 cm³/mol. The summed E-state index contributed by atoms with van der Waals surface area (Å²) in [6.45, 7) is 2.38. The van der Waals surface area contributed by atoms with Gasteiger partial charge in [0.2, 0.25) is 0 Å². The molecule has 3 saturated heterocycles. The first kappa shape index (κ1) is 17.7. The van der Waals surface area contributed by atoms with E-state index in [9.17, 15) is 10.0 Å². The minimum absolute atomic E-state index is 0.143. The zero-order chi connectivity index (χ0) is 19.1. The number of fused-ring (bicyclic) bond motifs is 4. The Labute approximate surface area is 165 Å². The van der Waals surface area contributed by atoms with Crippen LogP contribution in [0.5, 0.6) is 0 Å². The van der Waals surface area contributed by atoms with Gasteiger partial charge in [-0.25, -0.2) is 4.79 Å². The molecule has 0 aromatic heterocycles. The fourth-order valence-electron chi connectivity index (χ4n) is 5.18. The molecule has 4 aliphatic heterocycles. The summed E-state index contributed by atoms with van der Waals surface area (Å²) < 4.78 is 5.77. The molecule has 4 aliphatic rings. The molecule has 28 heavy (non-hydrogen) atoms. The van der Waals surface area contributed by atoms with E-state index in [-0.39, 0.29) is 22.9 Å². The normalized spacial score (nSPS) is 31.3. The van der Waals surface area contributed by atoms with Gasteiger partial charge in [-0.2, -0.15) is 0 Å². The van der Waals surface area contributed by atoms with Crippen LogP contribution in [-0.2, 0) is 11.2 Å². The molecule has 6 rings (SSSR count). The number of hydroxylamine groups is 3. The van der Waals surface area contributed by atoms with Gasteiger partial charge in [0.1, 0.15) is 6.54 Å². The molecule has 2 bridgehead atoms. The lowest BCUT2D eigenvalue weighted by molar-refractivity contribution is -0.900. The first-order valence-corrected chi connectivity index (χ1v) is 10.3. The Morgan fingerprint density at radius 2 is 1.75 bits per heavy atom. The Morgan fingerprint density at radius 1 is 1.04 bits per heavy atom. The number of benzene rings is 2. The number of hydrogen-bond acceptors (Lipinski definition) is 3. The summed E-state index contributed by atoms with van der Waals surface area (Å²) in [7, 11) is 0. The molecule has 5 heteroatoms. The number of hydrogen-bond donors (Lipinski definition) is 0. The second kappa shape index (κ2) is 6.90. The molecule has 0 spiro atoms. The fourth-order valence-corrected chi connectivity index (χ4v) is 5.18. The zero-order valence-electron chi connectivity index (χ0n) is 16.0. The van der Waals surface area contributed by atoms with Crippen molar-refractivity contribution in [3.8, 4) is 0 Å². The van der Waals surface area contributed by atoms with Gasteiger partial charge in [-0.3, -0.25) is 4.90 Å². The molecule has 2 aromatic carbocycles. The Balaban J connectivity index is 1.42. The van der Waals surface area contributed by atoms with Gasteiger partial charge in [-0.05, 0) is 23.1 Å². The van der Waals surface area contributed by atoms with E-state index in [1.807, 2.05) is 29.2 Å². The standard InChI is InChI=1S/C23H26N2O3/c26-23(28-21-16-25(27)14-11-18(21)12-15-25)24-13-10-17-6-4-5-9-20(17)22(24)19-7-2-1-3-8-19/h1-9,18,21-22H,10-16H2. The van der Waals surface area contributed by atoms with E-state index in [0.29, 0.717) is 32.1 Å². The van der Waals surface area contributed by atoms with Crippen molar-refractivity contribution in [2.75, 3.05) is 26.2 Å². The Hall–Kier alpha value is -2.37. The third kappa shape index (κ3) is 3.09. The number of ether oxygens (including phenoxy) is 1. The summed E-state index contributed by atoms with van der Waals surface area (Å²) >= 11 is 0. The molecule has 0 radical (unpaired) electrons. The summed E-state index contributed by atoms with van der Waals surface area (Å²) in [6.07, 6.45) is 2.03. The molecule has 3 fully saturated rings. The quantitative estimate of drug-likeness (QED) is 0.589. The second-order valence-corrected chi connectivity index (χ2v) is 8.40. The maximum Gasteiger partial charge on any atom is 0.411 e. The summed E-state index contributed by atoms with van der Waals surface area (Å²) in [5, 5.41) is 12.7. The fraction of sp³-hybridized carbons (Fsp3) is 0.435. The van der Waals surface area contributed by atoms with Gasteiger partial charge in [0, 0.05) is 25.3 Å². The van der Waals surface area contributed by atoms with Crippen LogP contribution in [0.1, 0.15) is 35.6 Å². The zero-order valence-corrected chi connectivity index (χ0v) is 16.0. The molecule has 4 heterocycles. The first-order valence-electron chi connectivity index (χ1n) is 10.3. The van der Waals surface area contributed by atoms with Crippen LogP contribution < -0.4 is 0 Å². The Bertz CT molecular complexity index is 861. The van der Waals surface area contributed by atoms with E-state index in [1.54, 1.807) is 0 Å². The highest BCUT2D eigenvalue weighted by molar-refractivity contribution is 5.70. The number of carbonyl (C=O) groups is 1. The lowest BCUT2D eigenvalue weighted by Crippen LogP contribution is -2.61. The third-order valence-electron chi connectivity index (χ3n) is 6.74. The van der Waals surface area contributed by atoms with Gasteiger partial charge in [0.05, 0.1) is 19.1 Å². The van der Waals surface area contributed by atoms with Crippen molar-refractivity contribution in [2.24, 2.45) is 5.92 Å². The highest BCUT2D eigenvalue weighted by Gasteiger charge is 2.44. The van der Waals surface area contributed by atoms with Gasteiger partial charge in [-0.15, -0.1) is 0 Å². The second-order valence-electron chi connectivity index (χ2n) is 8.40. The predicted octanol–water partition coefficient (Wildman–Crippen LogP) is 3.88. The number of piperidine rings is 3. The minimum atomic E-state index is -0.284. The summed E-state index contributed by atoms with van der Waals surface area (Å²) in [5.74, 6) is 0.338. The SMILES string of the molecule is O=C(OC1C[N+]2([O-])CCC1CC2)N1CCc2ccccc2C1c1ccccc1. The Kier molecular flexibility index (Phi) is 4.37. The highest BCUT2D eigenvalue weighted by atomic mass is 16.6. The van der Waals surface area contributed by atoms with Gasteiger partial charge in [0.25, 0.3) is 0 Å². The van der Waals surface area contributed by atoms with Crippen molar-refractivity contribution in [1.82, 2.24) is 4.90 Å². The van der Waals surface area contributed by atoms with E-state index in [4.69, 9.17) is 4.74 Å². The van der Waals surface area contributed by atoms with Crippen LogP contribution in [0.15, 0.2) is 54.6 Å². The lowest BCUT2D eigenvalue weighted by Gasteiger charge is -2.55. The molecule has 0 saturated carbocycles. The molecule has 0 aliphatic carbocycles. The molecular formula is C23H26N2O3. The topological polar surface area (TPSA) is 52.6 Å². The van der Waals surface area contributed by atoms with Crippen molar-refractivity contribution in [1.29, 1.82) is 0 Å². The van der Waals surface area contributed by atoms with Crippen LogP contribution in [0.25, 0.3) is 0 Å². The average molecular weight is 378 g/mol. The summed E-state index contributed by atoms with van der Waals surface area (Å²) in [5.41, 5.74) is 3.54. The first-order chi connectivity index (χ1) is 13.6. The van der Waals surface area contributed by atoms with Crippen LogP contribution >= 0.6 is 0 Å². The van der Waals surface area contributed by atoms with Crippen LogP contribution in [-0.4, -0.2) is 47.9 Å². The smallest absolute Gasteiger partial charge is 0.411 e. The molecule has 5 nitrogen and oxygen atoms in total. The average Bonchev–Trinajstić information content (AvgIpc) is 2.73. The van der Waals surface area contributed by atoms with Gasteiger partial charge in [0.15, 0.2) is 6.10 Å². The number of carbonyl (C=O) groups excluding carboxylic acids is 1. The van der Waals surface area contributed by atoms with Crippen molar-refractivity contribution in [3.05, 3.63) is 76.5 Å². The largest absolute Gasteiger partial charge is 0.633 e. The maximum absolute atomic E-state index is 13.2. The molecular weight excluding hydrogens is 352 g/mol.